The minimum atomic E-state index is -0.0338. The number of nitrogens with two attached hydrogens (primary N) is 1. The van der Waals surface area contributed by atoms with Crippen LogP contribution in [0.5, 0.6) is 0 Å². The minimum absolute atomic E-state index is 0.0338. The van der Waals surface area contributed by atoms with E-state index in [1.54, 1.807) is 0 Å². The van der Waals surface area contributed by atoms with Gasteiger partial charge < -0.3 is 15.4 Å². The molecule has 1 aromatic rings. The summed E-state index contributed by atoms with van der Waals surface area (Å²) in [5.74, 6) is 0.0780. The van der Waals surface area contributed by atoms with Crippen LogP contribution in [0.4, 0.5) is 0 Å². The monoisotopic (exact) mass is 248 g/mol. The second-order valence-electron chi connectivity index (χ2n) is 4.80. The summed E-state index contributed by atoms with van der Waals surface area (Å²) in [7, 11) is 0. The summed E-state index contributed by atoms with van der Waals surface area (Å²) >= 11 is 0. The Morgan fingerprint density at radius 2 is 2.28 bits per heavy atom. The average Bonchev–Trinajstić information content (AvgIpc) is 2.38. The molecule has 4 heteroatoms. The lowest BCUT2D eigenvalue weighted by Crippen LogP contribution is -2.48. The number of carbonyl (C=O) groups excluding carboxylic acids is 1. The van der Waals surface area contributed by atoms with E-state index in [0.29, 0.717) is 26.2 Å². The summed E-state index contributed by atoms with van der Waals surface area (Å²) in [6, 6.07) is 5.91. The first kappa shape index (κ1) is 13.1. The van der Waals surface area contributed by atoms with Crippen LogP contribution in [0.25, 0.3) is 0 Å². The quantitative estimate of drug-likeness (QED) is 0.852. The van der Waals surface area contributed by atoms with Gasteiger partial charge in [-0.05, 0) is 25.5 Å². The van der Waals surface area contributed by atoms with Crippen LogP contribution < -0.4 is 5.73 Å². The van der Waals surface area contributed by atoms with Crippen LogP contribution in [0.3, 0.4) is 0 Å². The first-order chi connectivity index (χ1) is 8.61. The molecule has 1 aromatic carbocycles. The van der Waals surface area contributed by atoms with E-state index in [2.05, 4.69) is 0 Å². The van der Waals surface area contributed by atoms with E-state index in [9.17, 15) is 4.79 Å². The van der Waals surface area contributed by atoms with Gasteiger partial charge in [0.25, 0.3) is 5.91 Å². The molecule has 98 valence electrons. The van der Waals surface area contributed by atoms with E-state index >= 15 is 0 Å². The Bertz CT molecular complexity index is 445. The Balaban J connectivity index is 2.15. The predicted molar refractivity (Wildman–Crippen MR) is 70.6 cm³/mol. The van der Waals surface area contributed by atoms with E-state index in [-0.39, 0.29) is 12.0 Å². The molecule has 4 nitrogen and oxygen atoms in total. The van der Waals surface area contributed by atoms with Gasteiger partial charge in [-0.3, -0.25) is 4.79 Å². The Morgan fingerprint density at radius 1 is 1.50 bits per heavy atom. The maximum atomic E-state index is 12.4. The topological polar surface area (TPSA) is 55.6 Å². The van der Waals surface area contributed by atoms with Gasteiger partial charge in [0.1, 0.15) is 0 Å². The van der Waals surface area contributed by atoms with Crippen molar-refractivity contribution in [3.63, 3.8) is 0 Å². The third-order valence-electron chi connectivity index (χ3n) is 3.30. The summed E-state index contributed by atoms with van der Waals surface area (Å²) in [6.07, 6.45) is -0.0338. The molecule has 1 aliphatic heterocycles. The number of hydrogen-bond acceptors (Lipinski definition) is 3. The van der Waals surface area contributed by atoms with Gasteiger partial charge in [-0.1, -0.05) is 17.7 Å². The highest BCUT2D eigenvalue weighted by Crippen LogP contribution is 2.15. The summed E-state index contributed by atoms with van der Waals surface area (Å²) in [6.45, 7) is 6.25. The Labute approximate surface area is 108 Å². The van der Waals surface area contributed by atoms with Crippen molar-refractivity contribution < 1.29 is 9.53 Å². The number of ether oxygens (including phenoxy) is 1. The standard InChI is InChI=1S/C14H20N2O2/c1-10-3-4-13(11(2)7-10)14(17)16-5-6-18-12(8-15)9-16/h3-4,7,12H,5-6,8-9,15H2,1-2H3. The molecule has 0 aliphatic carbocycles. The van der Waals surface area contributed by atoms with Gasteiger partial charge >= 0.3 is 0 Å². The highest BCUT2D eigenvalue weighted by atomic mass is 16.5. The molecule has 2 rings (SSSR count). The Morgan fingerprint density at radius 3 is 2.94 bits per heavy atom. The highest BCUT2D eigenvalue weighted by molar-refractivity contribution is 5.95. The van der Waals surface area contributed by atoms with Crippen LogP contribution in [0.2, 0.25) is 0 Å². The normalized spacial score (nSPS) is 19.9. The molecule has 1 saturated heterocycles. The summed E-state index contributed by atoms with van der Waals surface area (Å²) in [4.78, 5) is 14.3. The van der Waals surface area contributed by atoms with Crippen LogP contribution in [0, 0.1) is 13.8 Å². The van der Waals surface area contributed by atoms with Gasteiger partial charge in [-0.25, -0.2) is 0 Å². The van der Waals surface area contributed by atoms with Gasteiger partial charge in [-0.2, -0.15) is 0 Å². The van der Waals surface area contributed by atoms with Crippen molar-refractivity contribution in [2.24, 2.45) is 5.73 Å². The van der Waals surface area contributed by atoms with Crippen LogP contribution in [-0.2, 0) is 4.74 Å². The summed E-state index contributed by atoms with van der Waals surface area (Å²) in [5.41, 5.74) is 8.56. The second-order valence-corrected chi connectivity index (χ2v) is 4.80. The Kier molecular flexibility index (Phi) is 3.99. The number of aryl methyl sites for hydroxylation is 2. The van der Waals surface area contributed by atoms with Gasteiger partial charge in [0.15, 0.2) is 0 Å². The fourth-order valence-corrected chi connectivity index (χ4v) is 2.27. The van der Waals surface area contributed by atoms with Gasteiger partial charge in [0.05, 0.1) is 12.7 Å². The number of nitrogens with zero attached hydrogens (tertiary/aromatic N) is 1. The van der Waals surface area contributed by atoms with Gasteiger partial charge in [0, 0.05) is 25.2 Å². The van der Waals surface area contributed by atoms with Crippen molar-refractivity contribution in [2.75, 3.05) is 26.2 Å². The maximum absolute atomic E-state index is 12.4. The lowest BCUT2D eigenvalue weighted by atomic mass is 10.0. The molecule has 0 aromatic heterocycles. The van der Waals surface area contributed by atoms with E-state index in [4.69, 9.17) is 10.5 Å². The fourth-order valence-electron chi connectivity index (χ4n) is 2.27. The molecule has 1 fully saturated rings. The Hall–Kier alpha value is -1.39. The molecular formula is C14H20N2O2. The van der Waals surface area contributed by atoms with Crippen LogP contribution in [0.1, 0.15) is 21.5 Å². The molecular weight excluding hydrogens is 228 g/mol. The zero-order valence-electron chi connectivity index (χ0n) is 11.0. The van der Waals surface area contributed by atoms with Gasteiger partial charge in [0.2, 0.25) is 0 Å². The molecule has 18 heavy (non-hydrogen) atoms. The van der Waals surface area contributed by atoms with Crippen LogP contribution in [0.15, 0.2) is 18.2 Å². The van der Waals surface area contributed by atoms with E-state index in [0.717, 1.165) is 11.1 Å². The lowest BCUT2D eigenvalue weighted by Gasteiger charge is -2.32. The number of morpholine rings is 1. The van der Waals surface area contributed by atoms with Crippen molar-refractivity contribution >= 4 is 5.91 Å². The number of carbonyl (C=O) groups is 1. The average molecular weight is 248 g/mol. The molecule has 0 bridgehead atoms. The summed E-state index contributed by atoms with van der Waals surface area (Å²) < 4.78 is 5.47. The van der Waals surface area contributed by atoms with E-state index in [1.807, 2.05) is 36.9 Å². The zero-order chi connectivity index (χ0) is 13.1. The molecule has 1 atom stereocenters. The van der Waals surface area contributed by atoms with Gasteiger partial charge in [-0.15, -0.1) is 0 Å². The number of benzene rings is 1. The molecule has 2 N–H and O–H groups in total. The number of amides is 1. The molecule has 1 aliphatic rings. The van der Waals surface area contributed by atoms with Crippen molar-refractivity contribution in [1.29, 1.82) is 0 Å². The van der Waals surface area contributed by atoms with Crippen molar-refractivity contribution in [3.8, 4) is 0 Å². The van der Waals surface area contributed by atoms with Crippen molar-refractivity contribution in [3.05, 3.63) is 34.9 Å². The van der Waals surface area contributed by atoms with Crippen LogP contribution in [-0.4, -0.2) is 43.2 Å². The smallest absolute Gasteiger partial charge is 0.254 e. The molecule has 1 heterocycles. The first-order valence-electron chi connectivity index (χ1n) is 6.30. The molecule has 1 amide bonds. The molecule has 0 radical (unpaired) electrons. The third kappa shape index (κ3) is 2.71. The van der Waals surface area contributed by atoms with E-state index < -0.39 is 0 Å². The van der Waals surface area contributed by atoms with E-state index in [1.165, 1.54) is 5.56 Å². The lowest BCUT2D eigenvalue weighted by molar-refractivity contribution is -0.0167. The largest absolute Gasteiger partial charge is 0.373 e. The number of hydrogen-bond donors (Lipinski definition) is 1. The summed E-state index contributed by atoms with van der Waals surface area (Å²) in [5, 5.41) is 0. The molecule has 0 spiro atoms. The number of rotatable bonds is 2. The van der Waals surface area contributed by atoms with Crippen molar-refractivity contribution in [1.82, 2.24) is 4.90 Å². The minimum Gasteiger partial charge on any atom is -0.373 e. The fraction of sp³-hybridized carbons (Fsp3) is 0.500. The molecule has 1 unspecified atom stereocenters. The zero-order valence-corrected chi connectivity index (χ0v) is 11.0. The SMILES string of the molecule is Cc1ccc(C(=O)N2CCOC(CN)C2)c(C)c1. The third-order valence-corrected chi connectivity index (χ3v) is 3.30. The molecule has 0 saturated carbocycles. The van der Waals surface area contributed by atoms with Crippen LogP contribution >= 0.6 is 0 Å². The highest BCUT2D eigenvalue weighted by Gasteiger charge is 2.24. The first-order valence-corrected chi connectivity index (χ1v) is 6.30. The van der Waals surface area contributed by atoms with Crippen molar-refractivity contribution in [2.45, 2.75) is 20.0 Å². The second kappa shape index (κ2) is 5.50. The maximum Gasteiger partial charge on any atom is 0.254 e. The predicted octanol–water partition coefficient (Wildman–Crippen LogP) is 1.10.